The quantitative estimate of drug-likeness (QED) is 0.420. The first-order valence-corrected chi connectivity index (χ1v) is 13.0. The highest BCUT2D eigenvalue weighted by Gasteiger charge is 2.55. The van der Waals surface area contributed by atoms with Crippen molar-refractivity contribution in [3.8, 4) is 0 Å². The van der Waals surface area contributed by atoms with E-state index in [-0.39, 0.29) is 25.4 Å². The fourth-order valence-corrected chi connectivity index (χ4v) is 6.74. The molecule has 2 unspecified atom stereocenters. The molecule has 2 aromatic carbocycles. The molecule has 3 N–H and O–H groups in total. The molecule has 5 amide bonds. The van der Waals surface area contributed by atoms with E-state index in [0.29, 0.717) is 41.0 Å². The number of urea groups is 1. The molecule has 0 radical (unpaired) electrons. The molecule has 4 aliphatic rings. The van der Waals surface area contributed by atoms with E-state index >= 15 is 0 Å². The van der Waals surface area contributed by atoms with Gasteiger partial charge in [0.25, 0.3) is 5.91 Å². The van der Waals surface area contributed by atoms with Crippen molar-refractivity contribution in [1.29, 1.82) is 0 Å². The van der Waals surface area contributed by atoms with Crippen LogP contribution in [-0.2, 0) is 39.3 Å². The van der Waals surface area contributed by atoms with Crippen LogP contribution in [0.5, 0.6) is 0 Å². The number of pyridine rings is 1. The normalized spacial score (nSPS) is 24.5. The number of nitrogens with one attached hydrogen (secondary N) is 3. The molecule has 2 atom stereocenters. The third-order valence-corrected chi connectivity index (χ3v) is 8.65. The van der Waals surface area contributed by atoms with Crippen molar-refractivity contribution < 1.29 is 32.3 Å². The van der Waals surface area contributed by atoms with Gasteiger partial charge in [-0.25, -0.2) is 4.79 Å². The maximum atomic E-state index is 13.3. The van der Waals surface area contributed by atoms with Crippen molar-refractivity contribution in [2.45, 2.75) is 43.1 Å². The Kier molecular flexibility index (Phi) is 5.05. The smallest absolute Gasteiger partial charge is 0.363 e. The van der Waals surface area contributed by atoms with Crippen LogP contribution in [0.1, 0.15) is 28.8 Å². The molecule has 10 nitrogen and oxygen atoms in total. The van der Waals surface area contributed by atoms with Gasteiger partial charge in [0.15, 0.2) is 0 Å². The standard InChI is InChI=1S/C28H23F3N6O4/c1-36-25(41)34-23(39)27(36)9-15-7-14-5-6-17(32-19(14)8-16(15)10-27)12-37-13-26(35-24(40)28(29,30)31)11-21(38)33-18-3-2-4-20(37)22(18)26/h2-8H,9-13H2,1H3,(H,33,38)(H,35,40)(H,34,39,41). The summed E-state index contributed by atoms with van der Waals surface area (Å²) in [7, 11) is 1.61. The first kappa shape index (κ1) is 25.3. The van der Waals surface area contributed by atoms with Gasteiger partial charge in [-0.05, 0) is 41.5 Å². The number of amides is 5. The summed E-state index contributed by atoms with van der Waals surface area (Å²) in [6.45, 7) is 0.168. The summed E-state index contributed by atoms with van der Waals surface area (Å²) in [5.74, 6) is -2.91. The summed E-state index contributed by atoms with van der Waals surface area (Å²) in [5, 5.41) is 8.06. The third kappa shape index (κ3) is 3.67. The Hall–Kier alpha value is -4.68. The van der Waals surface area contributed by atoms with Crippen LogP contribution in [0.15, 0.2) is 42.5 Å². The first-order chi connectivity index (χ1) is 19.4. The zero-order valence-electron chi connectivity index (χ0n) is 21.7. The van der Waals surface area contributed by atoms with Crippen molar-refractivity contribution in [1.82, 2.24) is 20.5 Å². The molecule has 3 aliphatic heterocycles. The van der Waals surface area contributed by atoms with Crippen LogP contribution < -0.4 is 20.9 Å². The van der Waals surface area contributed by atoms with E-state index in [1.54, 1.807) is 25.2 Å². The van der Waals surface area contributed by atoms with Gasteiger partial charge in [-0.15, -0.1) is 0 Å². The van der Waals surface area contributed by atoms with Crippen LogP contribution in [0.4, 0.5) is 29.3 Å². The van der Waals surface area contributed by atoms with Crippen LogP contribution >= 0.6 is 0 Å². The predicted molar refractivity (Wildman–Crippen MR) is 140 cm³/mol. The summed E-state index contributed by atoms with van der Waals surface area (Å²) in [6, 6.07) is 12.2. The second-order valence-electron chi connectivity index (χ2n) is 11.1. The topological polar surface area (TPSA) is 124 Å². The molecular weight excluding hydrogens is 541 g/mol. The van der Waals surface area contributed by atoms with Gasteiger partial charge in [-0.3, -0.25) is 24.7 Å². The molecule has 0 saturated carbocycles. The number of carbonyl (C=O) groups is 4. The third-order valence-electron chi connectivity index (χ3n) is 8.65. The zero-order chi connectivity index (χ0) is 28.9. The van der Waals surface area contributed by atoms with E-state index in [9.17, 15) is 32.3 Å². The summed E-state index contributed by atoms with van der Waals surface area (Å²) < 4.78 is 39.8. The Morgan fingerprint density at radius 1 is 1.05 bits per heavy atom. The molecular formula is C28H23F3N6O4. The molecule has 1 spiro atoms. The minimum Gasteiger partial charge on any atom is -0.363 e. The fraction of sp³-hybridized carbons (Fsp3) is 0.321. The Morgan fingerprint density at radius 3 is 2.51 bits per heavy atom. The van der Waals surface area contributed by atoms with E-state index < -0.39 is 35.1 Å². The lowest BCUT2D eigenvalue weighted by molar-refractivity contribution is -0.175. The molecule has 1 aromatic heterocycles. The van der Waals surface area contributed by atoms with E-state index in [4.69, 9.17) is 4.98 Å². The lowest BCUT2D eigenvalue weighted by Crippen LogP contribution is -2.56. The number of rotatable bonds is 3. The number of anilines is 2. The number of alkyl halides is 3. The highest BCUT2D eigenvalue weighted by molar-refractivity contribution is 6.08. The maximum absolute atomic E-state index is 13.3. The average Bonchev–Trinajstić information content (AvgIpc) is 3.49. The van der Waals surface area contributed by atoms with Crippen LogP contribution in [0, 0.1) is 0 Å². The summed E-state index contributed by atoms with van der Waals surface area (Å²) in [5.41, 5.74) is 2.08. The van der Waals surface area contributed by atoms with Crippen molar-refractivity contribution in [2.24, 2.45) is 0 Å². The fourth-order valence-electron chi connectivity index (χ4n) is 6.74. The molecule has 4 heterocycles. The first-order valence-electron chi connectivity index (χ1n) is 13.0. The number of halogens is 3. The Bertz CT molecular complexity index is 1720. The van der Waals surface area contributed by atoms with E-state index in [2.05, 4.69) is 16.0 Å². The highest BCUT2D eigenvalue weighted by atomic mass is 19.4. The number of likely N-dealkylation sites (N-methyl/N-ethyl adjacent to an activating group) is 1. The lowest BCUT2D eigenvalue weighted by atomic mass is 9.84. The van der Waals surface area contributed by atoms with Crippen LogP contribution in [0.25, 0.3) is 10.9 Å². The minimum atomic E-state index is -5.11. The second-order valence-corrected chi connectivity index (χ2v) is 11.1. The molecule has 13 heteroatoms. The van der Waals surface area contributed by atoms with Gasteiger partial charge in [0.2, 0.25) is 5.91 Å². The molecule has 41 heavy (non-hydrogen) atoms. The number of hydrogen-bond donors (Lipinski definition) is 3. The molecule has 3 aromatic rings. The SMILES string of the molecule is CN1C(=O)NC(=O)C12Cc1cc3ccc(CN4CC5(NC(=O)C(F)(F)F)CC(=O)Nc6cccc4c65)nc3cc1C2. The monoisotopic (exact) mass is 564 g/mol. The molecule has 210 valence electrons. The minimum absolute atomic E-state index is 0.0452. The van der Waals surface area contributed by atoms with Crippen molar-refractivity contribution in [2.75, 3.05) is 23.8 Å². The van der Waals surface area contributed by atoms with Crippen molar-refractivity contribution >= 4 is 46.0 Å². The molecule has 1 fully saturated rings. The van der Waals surface area contributed by atoms with Gasteiger partial charge in [0, 0.05) is 48.8 Å². The second kappa shape index (κ2) is 8.18. The summed E-state index contributed by atoms with van der Waals surface area (Å²) in [4.78, 5) is 57.4. The van der Waals surface area contributed by atoms with Crippen LogP contribution in [0.2, 0.25) is 0 Å². The van der Waals surface area contributed by atoms with E-state index in [1.807, 2.05) is 29.2 Å². The molecule has 0 bridgehead atoms. The number of carbonyl (C=O) groups excluding carboxylic acids is 4. The van der Waals surface area contributed by atoms with Gasteiger partial charge >= 0.3 is 18.1 Å². The Labute approximate surface area is 230 Å². The van der Waals surface area contributed by atoms with Crippen molar-refractivity contribution in [3.63, 3.8) is 0 Å². The maximum Gasteiger partial charge on any atom is 0.471 e. The molecule has 1 aliphatic carbocycles. The Balaban J connectivity index is 1.21. The van der Waals surface area contributed by atoms with Gasteiger partial charge in [0.1, 0.15) is 5.54 Å². The van der Waals surface area contributed by atoms with Crippen LogP contribution in [0.3, 0.4) is 0 Å². The number of nitrogens with zero attached hydrogens (tertiary/aromatic N) is 3. The van der Waals surface area contributed by atoms with Gasteiger partial charge in [0.05, 0.1) is 29.7 Å². The van der Waals surface area contributed by atoms with Crippen molar-refractivity contribution in [3.05, 3.63) is 64.8 Å². The average molecular weight is 565 g/mol. The van der Waals surface area contributed by atoms with Gasteiger partial charge in [-0.1, -0.05) is 12.1 Å². The number of benzene rings is 2. The molecule has 7 rings (SSSR count). The summed E-state index contributed by atoms with van der Waals surface area (Å²) >= 11 is 0. The van der Waals surface area contributed by atoms with Crippen LogP contribution in [-0.4, -0.2) is 58.9 Å². The molecule has 1 saturated heterocycles. The summed E-state index contributed by atoms with van der Waals surface area (Å²) in [6.07, 6.45) is -4.67. The van der Waals surface area contributed by atoms with Gasteiger partial charge in [-0.2, -0.15) is 13.2 Å². The lowest BCUT2D eigenvalue weighted by Gasteiger charge is -2.35. The number of hydrogen-bond acceptors (Lipinski definition) is 6. The van der Waals surface area contributed by atoms with E-state index in [1.165, 1.54) is 4.90 Å². The predicted octanol–water partition coefficient (Wildman–Crippen LogP) is 2.49. The number of aromatic nitrogens is 1. The largest absolute Gasteiger partial charge is 0.471 e. The zero-order valence-corrected chi connectivity index (χ0v) is 21.7. The van der Waals surface area contributed by atoms with E-state index in [0.717, 1.165) is 16.5 Å². The number of fused-ring (bicyclic) bond motifs is 2. The number of imide groups is 1. The van der Waals surface area contributed by atoms with Gasteiger partial charge < -0.3 is 20.4 Å². The Morgan fingerprint density at radius 2 is 1.80 bits per heavy atom. The highest BCUT2D eigenvalue weighted by Crippen LogP contribution is 2.49.